The van der Waals surface area contributed by atoms with Gasteiger partial charge >= 0.3 is 12.2 Å². The Balaban J connectivity index is 0.897. The number of fused-ring (bicyclic) bond motifs is 2. The van der Waals surface area contributed by atoms with Gasteiger partial charge < -0.3 is 59.9 Å². The molecule has 0 aliphatic carbocycles. The van der Waals surface area contributed by atoms with Crippen LogP contribution in [0.25, 0.3) is 0 Å². The van der Waals surface area contributed by atoms with E-state index >= 15 is 9.59 Å². The van der Waals surface area contributed by atoms with Crippen LogP contribution in [-0.2, 0) is 99.7 Å². The molecule has 2 fully saturated rings. The van der Waals surface area contributed by atoms with Gasteiger partial charge in [-0.3, -0.25) is 86.7 Å². The lowest BCUT2D eigenvalue weighted by molar-refractivity contribution is -0.142. The van der Waals surface area contributed by atoms with E-state index in [1.807, 2.05) is 13.8 Å². The van der Waals surface area contributed by atoms with Crippen LogP contribution in [0.4, 0.5) is 21.0 Å². The van der Waals surface area contributed by atoms with Crippen LogP contribution in [0.2, 0.25) is 0 Å². The second kappa shape index (κ2) is 40.2. The van der Waals surface area contributed by atoms with Gasteiger partial charge in [0, 0.05) is 124 Å². The number of benzene rings is 4. The van der Waals surface area contributed by atoms with E-state index in [-0.39, 0.29) is 115 Å². The Morgan fingerprint density at radius 2 is 1.06 bits per heavy atom. The quantitative estimate of drug-likeness (QED) is 0.0402. The van der Waals surface area contributed by atoms with Gasteiger partial charge in [-0.1, -0.05) is 94.3 Å². The van der Waals surface area contributed by atoms with Crippen molar-refractivity contribution in [3.8, 4) is 17.2 Å². The number of nitrogens with one attached hydrogen (secondary N) is 4. The van der Waals surface area contributed by atoms with E-state index < -0.39 is 217 Å². The highest BCUT2D eigenvalue weighted by atomic mass is 32.2. The number of amides is 12. The fourth-order valence-corrected chi connectivity index (χ4v) is 17.4. The number of ether oxygens (including phenoxy) is 5. The minimum Gasteiger partial charge on any atom is -0.493 e. The molecule has 34 heteroatoms. The fraction of sp³-hybridized carbons (Fsp3) is 0.500. The van der Waals surface area contributed by atoms with E-state index in [4.69, 9.17) is 23.7 Å². The van der Waals surface area contributed by atoms with Crippen molar-refractivity contribution in [3.63, 3.8) is 0 Å². The van der Waals surface area contributed by atoms with Crippen LogP contribution in [0.15, 0.2) is 96.3 Å². The standard InChI is InChI=1S/C88H106N10O22S2/c1-46(2)60-33-69(102)79(91-75(104)21-23-93-77(106)29-50(7)83(93)110)80(92-76(105)22-24-94-78(107)38-74(86(94)113)122-45-121)70(103)34-61(47(3)4)82(109)90-52(9)68(101)31-55-15-19-57(20-16-55)44-120-88(115)98-53(10)64-28-49(6)40-96(64)85(112)62-32-58(42-99)71(37-66(62)98)117-25-12-26-118-73-36-65-63(35-72(73)116-11)84(111)95-39-48(5)27-59(95)41-97(65)87(114)119-43-56-17-13-54(14-18-56)30-67(100)51(8)89-81(60)108/h13-20,32,35-37,39-40,46-47,50-53,59-61,64,74,79-80,99,121H,12,21-31,33-34,38,41-45H2,1-11H3,(H,89,108)(H,90,109)(H,91,104)(H,92,105). The summed E-state index contributed by atoms with van der Waals surface area (Å²) in [7, 11) is 1.41. The number of hydrogen-bond acceptors (Lipinski definition) is 24. The first kappa shape index (κ1) is 91.5. The number of thiol groups is 1. The summed E-state index contributed by atoms with van der Waals surface area (Å²) in [6, 6.07) is 11.1. The van der Waals surface area contributed by atoms with E-state index in [0.29, 0.717) is 35.1 Å². The number of anilines is 2. The van der Waals surface area contributed by atoms with Crippen LogP contribution in [0.1, 0.15) is 176 Å². The molecule has 4 aromatic rings. The van der Waals surface area contributed by atoms with Crippen LogP contribution >= 0.6 is 24.4 Å². The van der Waals surface area contributed by atoms with Crippen LogP contribution in [0.3, 0.4) is 0 Å². The molecule has 652 valence electrons. The molecule has 0 saturated carbocycles. The molecule has 14 rings (SSSR count). The zero-order valence-corrected chi connectivity index (χ0v) is 72.0. The maximum Gasteiger partial charge on any atom is 0.414 e. The lowest BCUT2D eigenvalue weighted by Gasteiger charge is -2.33. The number of rotatable bonds is 14. The fourth-order valence-electron chi connectivity index (χ4n) is 16.2. The summed E-state index contributed by atoms with van der Waals surface area (Å²) < 4.78 is 30.5. The van der Waals surface area contributed by atoms with Gasteiger partial charge in [0.15, 0.2) is 34.6 Å². The zero-order chi connectivity index (χ0) is 88.4. The van der Waals surface area contributed by atoms with Gasteiger partial charge in [-0.15, -0.1) is 11.8 Å². The molecule has 12 amide bonds. The number of thioether (sulfide) groups is 1. The molecule has 4 aromatic carbocycles. The maximum absolute atomic E-state index is 15.4. The summed E-state index contributed by atoms with van der Waals surface area (Å²) in [5.41, 5.74) is 4.64. The smallest absolute Gasteiger partial charge is 0.414 e. The Bertz CT molecular complexity index is 4860. The van der Waals surface area contributed by atoms with E-state index in [1.54, 1.807) is 112 Å². The van der Waals surface area contributed by atoms with Gasteiger partial charge in [0.2, 0.25) is 47.3 Å². The Morgan fingerprint density at radius 3 is 1.57 bits per heavy atom. The number of imide groups is 2. The molecule has 0 radical (unpaired) electrons. The molecule has 11 unspecified atom stereocenters. The van der Waals surface area contributed by atoms with Crippen LogP contribution in [0, 0.1) is 29.6 Å². The third-order valence-corrected chi connectivity index (χ3v) is 24.7. The van der Waals surface area contributed by atoms with Crippen molar-refractivity contribution in [2.45, 2.75) is 207 Å². The number of aliphatic hydroxyl groups excluding tert-OH is 1. The lowest BCUT2D eigenvalue weighted by atomic mass is 9.83. The molecule has 10 heterocycles. The van der Waals surface area contributed by atoms with Crippen molar-refractivity contribution < 1.29 is 106 Å². The minimum absolute atomic E-state index is 0.00107. The Hall–Kier alpha value is -11.3. The highest BCUT2D eigenvalue weighted by molar-refractivity contribution is 8.10. The molecule has 32 nitrogen and oxygen atoms in total. The molecular formula is C88H106N10O22S2. The van der Waals surface area contributed by atoms with Crippen molar-refractivity contribution in [3.05, 3.63) is 135 Å². The summed E-state index contributed by atoms with van der Waals surface area (Å²) in [6.45, 7) is 14.5. The first-order valence-electron chi connectivity index (χ1n) is 41.1. The summed E-state index contributed by atoms with van der Waals surface area (Å²) in [4.78, 5) is 236. The van der Waals surface area contributed by atoms with Gasteiger partial charge in [-0.25, -0.2) is 9.59 Å². The van der Waals surface area contributed by atoms with Gasteiger partial charge in [-0.2, -0.15) is 12.6 Å². The third-order valence-electron chi connectivity index (χ3n) is 23.3. The first-order chi connectivity index (χ1) is 58.1. The van der Waals surface area contributed by atoms with Crippen molar-refractivity contribution in [2.75, 3.05) is 54.8 Å². The predicted molar refractivity (Wildman–Crippen MR) is 449 cm³/mol. The van der Waals surface area contributed by atoms with Gasteiger partial charge in [0.05, 0.1) is 91.4 Å². The van der Waals surface area contributed by atoms with Crippen molar-refractivity contribution >= 4 is 130 Å². The number of methoxy groups -OCH3 is 1. The van der Waals surface area contributed by atoms with Gasteiger partial charge in [0.25, 0.3) is 11.8 Å². The van der Waals surface area contributed by atoms with E-state index in [1.165, 1.54) is 55.0 Å². The van der Waals surface area contributed by atoms with E-state index in [2.05, 4.69) is 33.9 Å². The first-order valence-corrected chi connectivity index (χ1v) is 42.8. The Morgan fingerprint density at radius 1 is 0.574 bits per heavy atom. The van der Waals surface area contributed by atoms with Crippen molar-refractivity contribution in [1.29, 1.82) is 0 Å². The average Bonchev–Trinajstić information content (AvgIpc) is 1.60. The van der Waals surface area contributed by atoms with Crippen molar-refractivity contribution in [1.82, 2.24) is 40.9 Å². The molecule has 5 N–H and O–H groups in total. The number of ketones is 4. The number of carbonyl (C=O) groups is 16. The minimum atomic E-state index is -2.06. The molecular weight excluding hydrogens is 1610 g/mol. The highest BCUT2D eigenvalue weighted by Gasteiger charge is 2.47. The van der Waals surface area contributed by atoms with Crippen LogP contribution in [0.5, 0.6) is 17.2 Å². The largest absolute Gasteiger partial charge is 0.493 e. The van der Waals surface area contributed by atoms with Gasteiger partial charge in [-0.05, 0) is 93.7 Å². The molecule has 0 spiro atoms. The zero-order valence-electron chi connectivity index (χ0n) is 70.3. The monoisotopic (exact) mass is 1720 g/mol. The number of likely N-dealkylation sites (tertiary alicyclic amines) is 2. The molecule has 10 aliphatic heterocycles. The van der Waals surface area contributed by atoms with E-state index in [0.717, 1.165) is 32.7 Å². The Labute approximate surface area is 717 Å². The predicted octanol–water partition coefficient (Wildman–Crippen LogP) is 7.58. The summed E-state index contributed by atoms with van der Waals surface area (Å²) >= 11 is 5.30. The number of carbonyl (C=O) groups excluding carboxylic acids is 16. The molecule has 11 atom stereocenters. The molecule has 122 heavy (non-hydrogen) atoms. The second-order valence-electron chi connectivity index (χ2n) is 32.9. The normalized spacial score (nSPS) is 24.8. The van der Waals surface area contributed by atoms with Crippen LogP contribution in [-0.4, -0.2) is 212 Å². The topological polar surface area (TPSA) is 407 Å². The third kappa shape index (κ3) is 21.2. The summed E-state index contributed by atoms with van der Waals surface area (Å²) in [5, 5.41) is 20.8. The molecule has 8 bridgehead atoms. The SMILES string of the molecule is COc1cc2c3cc1OCCCOc1cc4c(cc1CO)C(=O)N1C=C(C)CC1C(C)N4C(=O)OCc1ccc(cc1)CC(=O)C(C)NC(=O)C(C(C)C)CC(=O)C(NC(=O)CCN1C(=O)CC(SCS)C1=O)C(NC(=O)CCN1C(=O)CC(C)C1=O)C(=O)CC(C(C)C)C(=O)NC(C)C(=O)Cc1ccc(cc1)COC(=O)N3CC1CC(C)=CN1C2=O. The van der Waals surface area contributed by atoms with E-state index in [9.17, 15) is 72.2 Å². The second-order valence-corrected chi connectivity index (χ2v) is 34.8. The lowest BCUT2D eigenvalue weighted by Crippen LogP contribution is -2.60. The molecule has 2 saturated heterocycles. The average molecular weight is 1720 g/mol. The number of hydrogen-bond donors (Lipinski definition) is 6. The number of nitrogens with zero attached hydrogens (tertiary/aromatic N) is 6. The number of Topliss-reactive ketones (excluding diaryl/α,β-unsaturated/α-hetero) is 4. The summed E-state index contributed by atoms with van der Waals surface area (Å²) in [5.74, 6) is -13.7. The molecule has 0 aromatic heterocycles. The number of aliphatic hydroxyl groups is 1. The molecule has 10 aliphatic rings. The maximum atomic E-state index is 15.4. The Kier molecular flexibility index (Phi) is 30.1. The van der Waals surface area contributed by atoms with Crippen LogP contribution < -0.4 is 45.3 Å². The van der Waals surface area contributed by atoms with Crippen molar-refractivity contribution in [2.24, 2.45) is 29.6 Å². The van der Waals surface area contributed by atoms with Gasteiger partial charge in [0.1, 0.15) is 31.0 Å². The highest BCUT2D eigenvalue weighted by Crippen LogP contribution is 2.43. The summed E-state index contributed by atoms with van der Waals surface area (Å²) in [6.07, 6.45) is -0.450.